The van der Waals surface area contributed by atoms with Crippen molar-refractivity contribution in [3.8, 4) is 17.5 Å². The largest absolute Gasteiger partial charge is 0.383 e. The molecule has 4 rings (SSSR count). The number of ether oxygens (including phenoxy) is 1. The molecule has 0 spiro atoms. The molecular weight excluding hydrogens is 416 g/mol. The molecule has 0 atom stereocenters. The molecule has 1 fully saturated rings. The molecular formula is C24H28N8O. The van der Waals surface area contributed by atoms with E-state index < -0.39 is 0 Å². The number of methoxy groups -OCH3 is 1. The van der Waals surface area contributed by atoms with Gasteiger partial charge in [-0.15, -0.1) is 0 Å². The summed E-state index contributed by atoms with van der Waals surface area (Å²) in [6, 6.07) is 11.8. The van der Waals surface area contributed by atoms with E-state index in [9.17, 15) is 5.26 Å². The molecule has 1 N–H and O–H groups in total. The normalized spacial score (nSPS) is 13.3. The molecule has 3 aromatic heterocycles. The fraction of sp³-hybridized carbons (Fsp3) is 0.375. The summed E-state index contributed by atoms with van der Waals surface area (Å²) in [6.45, 7) is 4.21. The van der Waals surface area contributed by atoms with E-state index in [0.29, 0.717) is 29.6 Å². The van der Waals surface area contributed by atoms with Crippen LogP contribution in [0.3, 0.4) is 0 Å². The monoisotopic (exact) mass is 444 g/mol. The van der Waals surface area contributed by atoms with E-state index in [2.05, 4.69) is 41.1 Å². The minimum absolute atomic E-state index is 0.428. The van der Waals surface area contributed by atoms with E-state index in [-0.39, 0.29) is 0 Å². The van der Waals surface area contributed by atoms with Gasteiger partial charge in [-0.2, -0.15) is 5.26 Å². The molecule has 0 radical (unpaired) electrons. The molecule has 0 amide bonds. The molecule has 33 heavy (non-hydrogen) atoms. The Morgan fingerprint density at radius 2 is 1.91 bits per heavy atom. The van der Waals surface area contributed by atoms with Gasteiger partial charge in [0.2, 0.25) is 5.95 Å². The number of anilines is 3. The van der Waals surface area contributed by atoms with Crippen LogP contribution in [0, 0.1) is 11.3 Å². The van der Waals surface area contributed by atoms with Crippen molar-refractivity contribution in [3.63, 3.8) is 0 Å². The van der Waals surface area contributed by atoms with Gasteiger partial charge in [-0.3, -0.25) is 9.88 Å². The second-order valence-corrected chi connectivity index (χ2v) is 8.03. The number of nitrogens with zero attached hydrogens (tertiary/aromatic N) is 7. The SMILES string of the molecule is COCCN(C)Cc1ccc(Nc2nccc(-c3ccc(N4CCCC4)c(C#N)n3)n2)cn1. The van der Waals surface area contributed by atoms with Crippen molar-refractivity contribution in [2.75, 3.05) is 50.6 Å². The van der Waals surface area contributed by atoms with Crippen molar-refractivity contribution in [1.82, 2.24) is 24.8 Å². The van der Waals surface area contributed by atoms with Crippen molar-refractivity contribution < 1.29 is 4.74 Å². The van der Waals surface area contributed by atoms with Gasteiger partial charge in [0.1, 0.15) is 6.07 Å². The first-order valence-corrected chi connectivity index (χ1v) is 11.0. The third-order valence-corrected chi connectivity index (χ3v) is 5.53. The first-order valence-electron chi connectivity index (χ1n) is 11.0. The number of nitriles is 1. The summed E-state index contributed by atoms with van der Waals surface area (Å²) in [5, 5.41) is 12.8. The fourth-order valence-electron chi connectivity index (χ4n) is 3.78. The van der Waals surface area contributed by atoms with Crippen molar-refractivity contribution >= 4 is 17.3 Å². The van der Waals surface area contributed by atoms with Crippen molar-refractivity contribution in [2.45, 2.75) is 19.4 Å². The number of likely N-dealkylation sites (N-methyl/N-ethyl adjacent to an activating group) is 1. The van der Waals surface area contributed by atoms with E-state index in [4.69, 9.17) is 4.74 Å². The van der Waals surface area contributed by atoms with Crippen LogP contribution >= 0.6 is 0 Å². The Morgan fingerprint density at radius 1 is 1.09 bits per heavy atom. The Bertz CT molecular complexity index is 1110. The smallest absolute Gasteiger partial charge is 0.227 e. The van der Waals surface area contributed by atoms with Gasteiger partial charge in [-0.05, 0) is 50.2 Å². The average molecular weight is 445 g/mol. The zero-order valence-corrected chi connectivity index (χ0v) is 19.0. The highest BCUT2D eigenvalue weighted by Gasteiger charge is 2.18. The summed E-state index contributed by atoms with van der Waals surface area (Å²) in [5.74, 6) is 0.447. The fourth-order valence-corrected chi connectivity index (χ4v) is 3.78. The standard InChI is InChI=1S/C24H28N8O/c1-31(13-14-33-2)17-19-6-5-18(16-27-19)28-24-26-10-9-21(30-24)20-7-8-23(22(15-25)29-20)32-11-3-4-12-32/h5-10,16H,3-4,11-14,17H2,1-2H3,(H,26,28,30). The van der Waals surface area contributed by atoms with Crippen molar-refractivity contribution in [3.05, 3.63) is 54.1 Å². The average Bonchev–Trinajstić information content (AvgIpc) is 3.38. The predicted octanol–water partition coefficient (Wildman–Crippen LogP) is 3.23. The van der Waals surface area contributed by atoms with Crippen LogP contribution < -0.4 is 10.2 Å². The van der Waals surface area contributed by atoms with E-state index in [0.717, 1.165) is 56.1 Å². The minimum Gasteiger partial charge on any atom is -0.383 e. The van der Waals surface area contributed by atoms with Crippen LogP contribution in [-0.4, -0.2) is 65.2 Å². The second kappa shape index (κ2) is 10.8. The number of aromatic nitrogens is 4. The van der Waals surface area contributed by atoms with Gasteiger partial charge in [-0.25, -0.2) is 15.0 Å². The van der Waals surface area contributed by atoms with Gasteiger partial charge in [-0.1, -0.05) is 0 Å². The molecule has 1 aliphatic heterocycles. The highest BCUT2D eigenvalue weighted by molar-refractivity contribution is 5.65. The lowest BCUT2D eigenvalue weighted by Crippen LogP contribution is -2.22. The maximum atomic E-state index is 9.62. The quantitative estimate of drug-likeness (QED) is 0.533. The Morgan fingerprint density at radius 3 is 2.64 bits per heavy atom. The Kier molecular flexibility index (Phi) is 7.40. The highest BCUT2D eigenvalue weighted by Crippen LogP contribution is 2.26. The molecule has 9 nitrogen and oxygen atoms in total. The number of pyridine rings is 2. The molecule has 0 aliphatic carbocycles. The molecule has 4 heterocycles. The molecule has 0 saturated carbocycles. The third kappa shape index (κ3) is 5.80. The first-order chi connectivity index (χ1) is 16.2. The molecule has 9 heteroatoms. The Balaban J connectivity index is 1.45. The lowest BCUT2D eigenvalue weighted by molar-refractivity contribution is 0.158. The van der Waals surface area contributed by atoms with E-state index in [1.165, 1.54) is 0 Å². The molecule has 170 valence electrons. The topological polar surface area (TPSA) is 103 Å². The van der Waals surface area contributed by atoms with Crippen LogP contribution in [-0.2, 0) is 11.3 Å². The Labute approximate surface area is 194 Å². The van der Waals surface area contributed by atoms with Crippen LogP contribution in [0.2, 0.25) is 0 Å². The van der Waals surface area contributed by atoms with Crippen LogP contribution in [0.4, 0.5) is 17.3 Å². The van der Waals surface area contributed by atoms with Gasteiger partial charge in [0.25, 0.3) is 0 Å². The summed E-state index contributed by atoms with van der Waals surface area (Å²) in [4.78, 5) is 22.4. The lowest BCUT2D eigenvalue weighted by Gasteiger charge is -2.18. The van der Waals surface area contributed by atoms with Crippen molar-refractivity contribution in [2.24, 2.45) is 0 Å². The van der Waals surface area contributed by atoms with Crippen LogP contribution in [0.1, 0.15) is 24.2 Å². The summed E-state index contributed by atoms with van der Waals surface area (Å²) < 4.78 is 5.11. The summed E-state index contributed by atoms with van der Waals surface area (Å²) in [7, 11) is 3.74. The third-order valence-electron chi connectivity index (χ3n) is 5.53. The van der Waals surface area contributed by atoms with E-state index in [1.54, 1.807) is 25.6 Å². The summed E-state index contributed by atoms with van der Waals surface area (Å²) in [6.07, 6.45) is 5.74. The number of hydrogen-bond donors (Lipinski definition) is 1. The zero-order valence-electron chi connectivity index (χ0n) is 19.0. The molecule has 0 unspecified atom stereocenters. The van der Waals surface area contributed by atoms with Gasteiger partial charge in [0.05, 0.1) is 41.3 Å². The van der Waals surface area contributed by atoms with Crippen molar-refractivity contribution in [1.29, 1.82) is 5.26 Å². The highest BCUT2D eigenvalue weighted by atomic mass is 16.5. The molecule has 0 aromatic carbocycles. The zero-order chi connectivity index (χ0) is 23.0. The Hall–Kier alpha value is -3.61. The second-order valence-electron chi connectivity index (χ2n) is 8.03. The lowest BCUT2D eigenvalue weighted by atomic mass is 10.2. The van der Waals surface area contributed by atoms with Gasteiger partial charge in [0, 0.05) is 39.5 Å². The molecule has 1 saturated heterocycles. The molecule has 3 aromatic rings. The van der Waals surface area contributed by atoms with Gasteiger partial charge < -0.3 is 15.0 Å². The number of hydrogen-bond acceptors (Lipinski definition) is 9. The van der Waals surface area contributed by atoms with Crippen LogP contribution in [0.25, 0.3) is 11.4 Å². The van der Waals surface area contributed by atoms with Gasteiger partial charge in [0.15, 0.2) is 5.69 Å². The van der Waals surface area contributed by atoms with E-state index >= 15 is 0 Å². The maximum absolute atomic E-state index is 9.62. The molecule has 0 bridgehead atoms. The van der Waals surface area contributed by atoms with Crippen LogP contribution in [0.5, 0.6) is 0 Å². The summed E-state index contributed by atoms with van der Waals surface area (Å²) in [5.41, 5.74) is 4.39. The van der Waals surface area contributed by atoms with E-state index in [1.807, 2.05) is 31.3 Å². The minimum atomic E-state index is 0.428. The first kappa shape index (κ1) is 22.6. The van der Waals surface area contributed by atoms with Crippen LogP contribution in [0.15, 0.2) is 42.7 Å². The number of nitrogens with one attached hydrogen (secondary N) is 1. The van der Waals surface area contributed by atoms with Gasteiger partial charge >= 0.3 is 0 Å². The predicted molar refractivity (Wildman–Crippen MR) is 127 cm³/mol. The maximum Gasteiger partial charge on any atom is 0.227 e. The summed E-state index contributed by atoms with van der Waals surface area (Å²) >= 11 is 0. The number of rotatable bonds is 9. The molecule has 1 aliphatic rings.